The Balaban J connectivity index is 1.26. The minimum absolute atomic E-state index is 0.0180. The molecule has 1 N–H and O–H groups in total. The molecule has 0 radical (unpaired) electrons. The fourth-order valence-electron chi connectivity index (χ4n) is 3.65. The zero-order chi connectivity index (χ0) is 20.4. The highest BCUT2D eigenvalue weighted by Gasteiger charge is 2.22. The van der Waals surface area contributed by atoms with E-state index in [2.05, 4.69) is 10.2 Å². The van der Waals surface area contributed by atoms with Gasteiger partial charge >= 0.3 is 0 Å². The number of rotatable bonds is 5. The molecule has 0 saturated carbocycles. The topological polar surface area (TPSA) is 70.7 Å². The van der Waals surface area contributed by atoms with E-state index in [4.69, 9.17) is 16.0 Å². The standard InChI is InChI=1S/C21H23ClN4O3/c1-24-17-6-11-29-19(17)12-18(24)21(28)23-13-20(27)26-9-7-25(8-10-26)14-15-4-2-3-5-16(15)22/h2-6,11-12H,7-10,13-14H2,1H3,(H,23,28). The van der Waals surface area contributed by atoms with Crippen molar-refractivity contribution in [1.82, 2.24) is 19.7 Å². The Bertz CT molecular complexity index is 1030. The first-order chi connectivity index (χ1) is 14.0. The molecule has 1 fully saturated rings. The van der Waals surface area contributed by atoms with Crippen LogP contribution in [0.3, 0.4) is 0 Å². The van der Waals surface area contributed by atoms with Crippen LogP contribution in [0.25, 0.3) is 11.1 Å². The molecule has 0 aliphatic carbocycles. The summed E-state index contributed by atoms with van der Waals surface area (Å²) in [6.07, 6.45) is 1.58. The van der Waals surface area contributed by atoms with Crippen molar-refractivity contribution in [3.8, 4) is 0 Å². The lowest BCUT2D eigenvalue weighted by atomic mass is 10.2. The molecule has 0 spiro atoms. The molecule has 1 aromatic carbocycles. The summed E-state index contributed by atoms with van der Waals surface area (Å²) in [4.78, 5) is 29.0. The van der Waals surface area contributed by atoms with E-state index in [1.54, 1.807) is 34.9 Å². The summed E-state index contributed by atoms with van der Waals surface area (Å²) in [5.74, 6) is -0.363. The molecular weight excluding hydrogens is 392 g/mol. The van der Waals surface area contributed by atoms with Gasteiger partial charge in [0.25, 0.3) is 5.91 Å². The van der Waals surface area contributed by atoms with Gasteiger partial charge in [0.05, 0.1) is 18.3 Å². The van der Waals surface area contributed by atoms with Crippen LogP contribution in [0.15, 0.2) is 47.1 Å². The van der Waals surface area contributed by atoms with Crippen LogP contribution in [0.4, 0.5) is 0 Å². The molecule has 0 atom stereocenters. The maximum absolute atomic E-state index is 12.5. The first kappa shape index (κ1) is 19.5. The smallest absolute Gasteiger partial charge is 0.268 e. The number of aromatic nitrogens is 1. The second-order valence-corrected chi connectivity index (χ2v) is 7.60. The van der Waals surface area contributed by atoms with Crippen LogP contribution >= 0.6 is 11.6 Å². The molecule has 4 rings (SSSR count). The average Bonchev–Trinajstić information content (AvgIpc) is 3.31. The Labute approximate surface area is 173 Å². The highest BCUT2D eigenvalue weighted by Crippen LogP contribution is 2.20. The van der Waals surface area contributed by atoms with Gasteiger partial charge in [0.15, 0.2) is 5.58 Å². The lowest BCUT2D eigenvalue weighted by molar-refractivity contribution is -0.131. The van der Waals surface area contributed by atoms with Gasteiger partial charge in [-0.25, -0.2) is 0 Å². The van der Waals surface area contributed by atoms with Gasteiger partial charge in [-0.15, -0.1) is 0 Å². The Kier molecular flexibility index (Phi) is 5.60. The van der Waals surface area contributed by atoms with Gasteiger partial charge in [0.2, 0.25) is 5.91 Å². The monoisotopic (exact) mass is 414 g/mol. The summed E-state index contributed by atoms with van der Waals surface area (Å²) in [6, 6.07) is 11.3. The molecule has 2 aromatic heterocycles. The fourth-order valence-corrected chi connectivity index (χ4v) is 3.84. The summed E-state index contributed by atoms with van der Waals surface area (Å²) in [7, 11) is 1.80. The van der Waals surface area contributed by atoms with Crippen molar-refractivity contribution in [2.24, 2.45) is 7.05 Å². The number of furan rings is 1. The number of carbonyl (C=O) groups excluding carboxylic acids is 2. The van der Waals surface area contributed by atoms with Crippen molar-refractivity contribution >= 4 is 34.5 Å². The molecule has 3 aromatic rings. The number of amides is 2. The van der Waals surface area contributed by atoms with Gasteiger partial charge in [-0.1, -0.05) is 29.8 Å². The van der Waals surface area contributed by atoms with E-state index in [-0.39, 0.29) is 18.4 Å². The normalized spacial score (nSPS) is 15.0. The number of fused-ring (bicyclic) bond motifs is 1. The van der Waals surface area contributed by atoms with E-state index >= 15 is 0 Å². The number of halogens is 1. The molecule has 7 nitrogen and oxygen atoms in total. The molecule has 29 heavy (non-hydrogen) atoms. The van der Waals surface area contributed by atoms with Crippen molar-refractivity contribution in [1.29, 1.82) is 0 Å². The highest BCUT2D eigenvalue weighted by atomic mass is 35.5. The first-order valence-corrected chi connectivity index (χ1v) is 9.95. The van der Waals surface area contributed by atoms with Gasteiger partial charge in [-0.05, 0) is 11.6 Å². The van der Waals surface area contributed by atoms with Gasteiger partial charge in [0, 0.05) is 56.9 Å². The highest BCUT2D eigenvalue weighted by molar-refractivity contribution is 6.31. The van der Waals surface area contributed by atoms with E-state index in [1.165, 1.54) is 0 Å². The number of nitrogens with zero attached hydrogens (tertiary/aromatic N) is 3. The third-order valence-electron chi connectivity index (χ3n) is 5.37. The summed E-state index contributed by atoms with van der Waals surface area (Å²) in [6.45, 7) is 3.58. The summed E-state index contributed by atoms with van der Waals surface area (Å²) >= 11 is 6.23. The van der Waals surface area contributed by atoms with Crippen LogP contribution in [0.5, 0.6) is 0 Å². The zero-order valence-corrected chi connectivity index (χ0v) is 17.0. The molecular formula is C21H23ClN4O3. The van der Waals surface area contributed by atoms with Crippen LogP contribution in [-0.4, -0.2) is 58.9 Å². The predicted octanol–water partition coefficient (Wildman–Crippen LogP) is 2.50. The van der Waals surface area contributed by atoms with Crippen molar-refractivity contribution in [3.05, 3.63) is 58.9 Å². The van der Waals surface area contributed by atoms with Gasteiger partial charge in [-0.2, -0.15) is 0 Å². The van der Waals surface area contributed by atoms with Gasteiger partial charge in [0.1, 0.15) is 5.69 Å². The molecule has 152 valence electrons. The Morgan fingerprint density at radius 3 is 2.62 bits per heavy atom. The van der Waals surface area contributed by atoms with Crippen molar-refractivity contribution < 1.29 is 14.0 Å². The minimum atomic E-state index is -0.287. The number of nitrogens with one attached hydrogen (secondary N) is 1. The third kappa shape index (κ3) is 4.16. The lowest BCUT2D eigenvalue weighted by Gasteiger charge is -2.35. The third-order valence-corrected chi connectivity index (χ3v) is 5.74. The van der Waals surface area contributed by atoms with Crippen molar-refractivity contribution in [2.45, 2.75) is 6.54 Å². The van der Waals surface area contributed by atoms with Crippen LogP contribution in [0, 0.1) is 0 Å². The van der Waals surface area contributed by atoms with E-state index in [0.29, 0.717) is 24.4 Å². The van der Waals surface area contributed by atoms with E-state index in [1.807, 2.05) is 24.3 Å². The molecule has 2 amide bonds. The minimum Gasteiger partial charge on any atom is -0.463 e. The zero-order valence-electron chi connectivity index (χ0n) is 16.2. The Morgan fingerprint density at radius 1 is 1.14 bits per heavy atom. The molecule has 8 heteroatoms. The van der Waals surface area contributed by atoms with Gasteiger partial charge < -0.3 is 19.2 Å². The van der Waals surface area contributed by atoms with Crippen LogP contribution in [0.2, 0.25) is 5.02 Å². The van der Waals surface area contributed by atoms with Crippen molar-refractivity contribution in [3.63, 3.8) is 0 Å². The number of hydrogen-bond donors (Lipinski definition) is 1. The average molecular weight is 415 g/mol. The molecule has 1 aliphatic rings. The second-order valence-electron chi connectivity index (χ2n) is 7.19. The van der Waals surface area contributed by atoms with Crippen LogP contribution in [0.1, 0.15) is 16.1 Å². The molecule has 0 unspecified atom stereocenters. The second kappa shape index (κ2) is 8.31. The Morgan fingerprint density at radius 2 is 1.90 bits per heavy atom. The summed E-state index contributed by atoms with van der Waals surface area (Å²) in [5, 5.41) is 3.49. The first-order valence-electron chi connectivity index (χ1n) is 9.57. The molecule has 1 aliphatic heterocycles. The number of piperazine rings is 1. The maximum Gasteiger partial charge on any atom is 0.268 e. The van der Waals surface area contributed by atoms with E-state index in [9.17, 15) is 9.59 Å². The van der Waals surface area contributed by atoms with Gasteiger partial charge in [-0.3, -0.25) is 14.5 Å². The lowest BCUT2D eigenvalue weighted by Crippen LogP contribution is -2.50. The number of aryl methyl sites for hydroxylation is 1. The summed E-state index contributed by atoms with van der Waals surface area (Å²) < 4.78 is 7.08. The van der Waals surface area contributed by atoms with Crippen LogP contribution < -0.4 is 5.32 Å². The SMILES string of the molecule is Cn1c(C(=O)NCC(=O)N2CCN(Cc3ccccc3Cl)CC2)cc2occc21. The summed E-state index contributed by atoms with van der Waals surface area (Å²) in [5.41, 5.74) is 3.06. The number of carbonyl (C=O) groups is 2. The van der Waals surface area contributed by atoms with Crippen LogP contribution in [-0.2, 0) is 18.4 Å². The molecule has 3 heterocycles. The van der Waals surface area contributed by atoms with E-state index in [0.717, 1.165) is 35.7 Å². The predicted molar refractivity (Wildman–Crippen MR) is 111 cm³/mol. The quantitative estimate of drug-likeness (QED) is 0.696. The molecule has 1 saturated heterocycles. The van der Waals surface area contributed by atoms with Crippen molar-refractivity contribution in [2.75, 3.05) is 32.7 Å². The Hall–Kier alpha value is -2.77. The van der Waals surface area contributed by atoms with E-state index < -0.39 is 0 Å². The number of hydrogen-bond acceptors (Lipinski definition) is 4. The fraction of sp³-hybridized carbons (Fsp3) is 0.333. The largest absolute Gasteiger partial charge is 0.463 e. The molecule has 0 bridgehead atoms. The maximum atomic E-state index is 12.5. The number of benzene rings is 1.